The van der Waals surface area contributed by atoms with E-state index in [9.17, 15) is 40.3 Å². The molecule has 14 heteroatoms. The minimum atomic E-state index is -3.28. The van der Waals surface area contributed by atoms with Gasteiger partial charge in [0.1, 0.15) is 29.7 Å². The van der Waals surface area contributed by atoms with Crippen molar-refractivity contribution in [1.29, 1.82) is 0 Å². The quantitative estimate of drug-likeness (QED) is 0.332. The smallest absolute Gasteiger partial charge is 0.282 e. The van der Waals surface area contributed by atoms with Crippen LogP contribution in [0.15, 0.2) is 52.8 Å². The molecule has 5 rings (SSSR count). The number of nitrogens with one attached hydrogen (secondary N) is 1. The minimum Gasteiger partial charge on any atom is -0.366 e. The van der Waals surface area contributed by atoms with Gasteiger partial charge in [-0.05, 0) is 59.9 Å². The number of carbonyl (C=O) groups is 2. The number of hydrogen-bond acceptors (Lipinski definition) is 4. The van der Waals surface area contributed by atoms with E-state index < -0.39 is 72.3 Å². The molecule has 0 unspecified atom stereocenters. The van der Waals surface area contributed by atoms with Gasteiger partial charge in [-0.25, -0.2) is 30.7 Å². The monoisotopic (exact) mass is 605 g/mol. The molecular weight excluding hydrogens is 583 g/mol. The number of aliphatic imine (C=N–C) groups is 1. The van der Waals surface area contributed by atoms with Crippen LogP contribution in [-0.4, -0.2) is 33.7 Å². The maximum absolute atomic E-state index is 14.2. The van der Waals surface area contributed by atoms with Gasteiger partial charge in [-0.1, -0.05) is 6.07 Å². The van der Waals surface area contributed by atoms with Crippen molar-refractivity contribution in [2.24, 2.45) is 10.7 Å². The van der Waals surface area contributed by atoms with Crippen molar-refractivity contribution in [1.82, 2.24) is 15.1 Å². The number of hydrogen-bond donors (Lipinski definition) is 2. The van der Waals surface area contributed by atoms with Gasteiger partial charge in [0, 0.05) is 30.0 Å². The fraction of sp³-hybridized carbons (Fsp3) is 0.241. The summed E-state index contributed by atoms with van der Waals surface area (Å²) in [4.78, 5) is 29.3. The van der Waals surface area contributed by atoms with Crippen LogP contribution in [0.1, 0.15) is 57.7 Å². The van der Waals surface area contributed by atoms with Crippen LogP contribution in [0.2, 0.25) is 0 Å². The lowest BCUT2D eigenvalue weighted by Gasteiger charge is -2.20. The van der Waals surface area contributed by atoms with E-state index >= 15 is 0 Å². The van der Waals surface area contributed by atoms with E-state index in [1.807, 2.05) is 0 Å². The summed E-state index contributed by atoms with van der Waals surface area (Å²) >= 11 is 0. The Kier molecular flexibility index (Phi) is 7.95. The summed E-state index contributed by atoms with van der Waals surface area (Å²) in [7, 11) is 0. The van der Waals surface area contributed by atoms with Crippen LogP contribution < -0.4 is 11.1 Å². The average Bonchev–Trinajstić information content (AvgIpc) is 3.41. The first kappa shape index (κ1) is 29.7. The first-order valence-electron chi connectivity index (χ1n) is 12.9. The number of benzene rings is 2. The third kappa shape index (κ3) is 6.37. The maximum atomic E-state index is 14.2. The van der Waals surface area contributed by atoms with Gasteiger partial charge in [0.15, 0.2) is 0 Å². The van der Waals surface area contributed by atoms with Gasteiger partial charge in [0.05, 0.1) is 23.4 Å². The fourth-order valence-corrected chi connectivity index (χ4v) is 5.11. The number of nitrogens with two attached hydrogens (primary N) is 1. The predicted octanol–water partition coefficient (Wildman–Crippen LogP) is 5.50. The molecule has 2 aromatic carbocycles. The van der Waals surface area contributed by atoms with Gasteiger partial charge in [-0.15, -0.1) is 0 Å². The van der Waals surface area contributed by atoms with Crippen molar-refractivity contribution in [2.45, 2.75) is 44.6 Å². The van der Waals surface area contributed by atoms with Gasteiger partial charge in [-0.3, -0.25) is 19.3 Å². The molecule has 2 heterocycles. The number of allylic oxidation sites excluding steroid dienone is 1. The molecule has 0 spiro atoms. The standard InChI is InChI=1S/C29H22F7N5O2/c30-16-6-14(7-17(31)10-16)8-22(25-18(2-1-5-38-25)15-3-4-21(32)19(9-15)28(37)43)39-24(42)13-41-23-12-29(35,36)11-20(23)26(40-41)27(33)34/h3-10,27H,1-2,11-13H2,(H2,37,43)(H,39,42)/b22-8-. The molecule has 0 bridgehead atoms. The maximum Gasteiger partial charge on any atom is 0.282 e. The predicted molar refractivity (Wildman–Crippen MR) is 142 cm³/mol. The minimum absolute atomic E-state index is 0.0306. The second-order valence-corrected chi connectivity index (χ2v) is 10.0. The molecule has 7 nitrogen and oxygen atoms in total. The molecule has 3 aromatic rings. The Bertz CT molecular complexity index is 1710. The highest BCUT2D eigenvalue weighted by molar-refractivity contribution is 5.95. The van der Waals surface area contributed by atoms with Gasteiger partial charge in [0.2, 0.25) is 5.91 Å². The SMILES string of the molecule is NC(=O)c1cc(C2=C(/C(=C/c3cc(F)cc(F)c3)NC(=O)Cn3nc(C(F)F)c4c3CC(F)(F)C4)N=CCC2)ccc1F. The van der Waals surface area contributed by atoms with Crippen LogP contribution in [0.25, 0.3) is 11.6 Å². The number of primary amides is 1. The number of carbonyl (C=O) groups excluding carboxylic acids is 2. The molecular formula is C29H22F7N5O2. The first-order chi connectivity index (χ1) is 20.3. The van der Waals surface area contributed by atoms with Gasteiger partial charge in [0.25, 0.3) is 18.3 Å². The average molecular weight is 606 g/mol. The van der Waals surface area contributed by atoms with Crippen molar-refractivity contribution < 1.29 is 40.3 Å². The molecule has 1 aliphatic heterocycles. The Morgan fingerprint density at radius 3 is 2.47 bits per heavy atom. The van der Waals surface area contributed by atoms with Crippen molar-refractivity contribution in [3.05, 3.63) is 98.9 Å². The number of halogens is 7. The first-order valence-corrected chi connectivity index (χ1v) is 12.9. The molecule has 43 heavy (non-hydrogen) atoms. The fourth-order valence-electron chi connectivity index (χ4n) is 5.11. The number of alkyl halides is 4. The number of nitrogens with zero attached hydrogens (tertiary/aromatic N) is 3. The molecule has 2 amide bonds. The van der Waals surface area contributed by atoms with E-state index in [1.54, 1.807) is 0 Å². The molecule has 224 valence electrons. The summed E-state index contributed by atoms with van der Waals surface area (Å²) in [6.07, 6.45) is -1.57. The molecule has 2 aliphatic rings. The highest BCUT2D eigenvalue weighted by atomic mass is 19.3. The Balaban J connectivity index is 1.57. The van der Waals surface area contributed by atoms with E-state index in [4.69, 9.17) is 5.73 Å². The molecule has 1 aromatic heterocycles. The van der Waals surface area contributed by atoms with Gasteiger partial charge < -0.3 is 11.1 Å². The Morgan fingerprint density at radius 2 is 1.79 bits per heavy atom. The van der Waals surface area contributed by atoms with Crippen LogP contribution in [0.3, 0.4) is 0 Å². The number of aromatic nitrogens is 2. The van der Waals surface area contributed by atoms with Gasteiger partial charge >= 0.3 is 0 Å². The van der Waals surface area contributed by atoms with Crippen LogP contribution in [-0.2, 0) is 24.2 Å². The van der Waals surface area contributed by atoms with Crippen LogP contribution in [0.5, 0.6) is 0 Å². The zero-order valence-corrected chi connectivity index (χ0v) is 22.1. The van der Waals surface area contributed by atoms with Crippen LogP contribution >= 0.6 is 0 Å². The third-order valence-corrected chi connectivity index (χ3v) is 6.89. The topological polar surface area (TPSA) is 102 Å². The second-order valence-electron chi connectivity index (χ2n) is 10.0. The van der Waals surface area contributed by atoms with E-state index in [2.05, 4.69) is 15.4 Å². The molecule has 0 fully saturated rings. The summed E-state index contributed by atoms with van der Waals surface area (Å²) in [5.41, 5.74) is 4.21. The van der Waals surface area contributed by atoms with Crippen molar-refractivity contribution in [2.75, 3.05) is 0 Å². The summed E-state index contributed by atoms with van der Waals surface area (Å²) in [6, 6.07) is 6.17. The number of amides is 2. The lowest BCUT2D eigenvalue weighted by Crippen LogP contribution is -2.30. The van der Waals surface area contributed by atoms with Crippen molar-refractivity contribution in [3.63, 3.8) is 0 Å². The Labute approximate surface area is 239 Å². The van der Waals surface area contributed by atoms with E-state index in [1.165, 1.54) is 24.4 Å². The molecule has 0 saturated carbocycles. The van der Waals surface area contributed by atoms with E-state index in [0.717, 1.165) is 22.9 Å². The molecule has 0 radical (unpaired) electrons. The normalized spacial score (nSPS) is 16.1. The summed E-state index contributed by atoms with van der Waals surface area (Å²) in [5, 5.41) is 6.22. The molecule has 0 atom stereocenters. The third-order valence-electron chi connectivity index (χ3n) is 6.89. The number of fused-ring (bicyclic) bond motifs is 1. The van der Waals surface area contributed by atoms with Crippen LogP contribution in [0.4, 0.5) is 30.7 Å². The Hall–Kier alpha value is -4.75. The highest BCUT2D eigenvalue weighted by Gasteiger charge is 2.43. The summed E-state index contributed by atoms with van der Waals surface area (Å²) < 4.78 is 98.2. The zero-order valence-electron chi connectivity index (χ0n) is 22.1. The lowest BCUT2D eigenvalue weighted by molar-refractivity contribution is -0.121. The molecule has 3 N–H and O–H groups in total. The Morgan fingerprint density at radius 1 is 1.07 bits per heavy atom. The lowest BCUT2D eigenvalue weighted by atomic mass is 9.94. The van der Waals surface area contributed by atoms with Crippen molar-refractivity contribution in [3.8, 4) is 0 Å². The highest BCUT2D eigenvalue weighted by Crippen LogP contribution is 2.39. The molecule has 0 saturated heterocycles. The van der Waals surface area contributed by atoms with E-state index in [-0.39, 0.29) is 34.6 Å². The largest absolute Gasteiger partial charge is 0.366 e. The summed E-state index contributed by atoms with van der Waals surface area (Å²) in [6.45, 7) is -0.741. The van der Waals surface area contributed by atoms with E-state index in [0.29, 0.717) is 23.6 Å². The molecule has 1 aliphatic carbocycles. The second kappa shape index (κ2) is 11.5. The zero-order chi connectivity index (χ0) is 31.1. The van der Waals surface area contributed by atoms with Crippen LogP contribution in [0, 0.1) is 17.5 Å². The number of rotatable bonds is 8. The summed E-state index contributed by atoms with van der Waals surface area (Å²) in [5.74, 6) is -7.91. The van der Waals surface area contributed by atoms with Gasteiger partial charge in [-0.2, -0.15) is 5.10 Å². The van der Waals surface area contributed by atoms with Crippen molar-refractivity contribution >= 4 is 29.7 Å².